The molecule has 0 atom stereocenters. The second kappa shape index (κ2) is 7.09. The van der Waals surface area contributed by atoms with Crippen molar-refractivity contribution in [2.45, 2.75) is 18.9 Å². The van der Waals surface area contributed by atoms with Gasteiger partial charge in [0.2, 0.25) is 0 Å². The number of aryl methyl sites for hydroxylation is 1. The summed E-state index contributed by atoms with van der Waals surface area (Å²) in [5.74, 6) is 0.807. The largest absolute Gasteiger partial charge is 0.381 e. The molecule has 5 rings (SSSR count). The summed E-state index contributed by atoms with van der Waals surface area (Å²) < 4.78 is 9.66. The zero-order chi connectivity index (χ0) is 18.9. The van der Waals surface area contributed by atoms with Crippen LogP contribution in [0.1, 0.15) is 18.9 Å². The molecule has 4 aromatic rings. The number of rotatable bonds is 4. The number of anilines is 2. The van der Waals surface area contributed by atoms with Gasteiger partial charge in [0.25, 0.3) is 0 Å². The molecule has 5 heterocycles. The third-order valence-electron chi connectivity index (χ3n) is 5.34. The Morgan fingerprint density at radius 2 is 1.93 bits per heavy atom. The Labute approximate surface area is 163 Å². The van der Waals surface area contributed by atoms with E-state index in [4.69, 9.17) is 4.74 Å². The number of aromatic nitrogens is 5. The van der Waals surface area contributed by atoms with Gasteiger partial charge >= 0.3 is 0 Å². The first kappa shape index (κ1) is 16.9. The predicted octanol–water partition coefficient (Wildman–Crippen LogP) is 3.93. The molecular formula is C21H22N6O. The quantitative estimate of drug-likeness (QED) is 0.586. The van der Waals surface area contributed by atoms with E-state index in [1.165, 1.54) is 0 Å². The molecule has 0 amide bonds. The van der Waals surface area contributed by atoms with Gasteiger partial charge in [-0.1, -0.05) is 0 Å². The first-order chi connectivity index (χ1) is 13.8. The summed E-state index contributed by atoms with van der Waals surface area (Å²) >= 11 is 0. The zero-order valence-corrected chi connectivity index (χ0v) is 15.7. The molecule has 0 radical (unpaired) electrons. The van der Waals surface area contributed by atoms with Gasteiger partial charge < -0.3 is 14.6 Å². The van der Waals surface area contributed by atoms with Crippen LogP contribution in [0.4, 0.5) is 11.5 Å². The molecule has 0 unspecified atom stereocenters. The van der Waals surface area contributed by atoms with Crippen molar-refractivity contribution in [3.05, 3.63) is 55.2 Å². The number of hydrogen-bond acceptors (Lipinski definition) is 5. The molecule has 7 nitrogen and oxygen atoms in total. The Bertz CT molecular complexity index is 1090. The predicted molar refractivity (Wildman–Crippen MR) is 109 cm³/mol. The molecule has 1 aliphatic heterocycles. The minimum absolute atomic E-state index is 0.413. The fourth-order valence-electron chi connectivity index (χ4n) is 3.80. The van der Waals surface area contributed by atoms with Gasteiger partial charge in [-0.05, 0) is 31.0 Å². The van der Waals surface area contributed by atoms with E-state index in [0.717, 1.165) is 59.7 Å². The van der Waals surface area contributed by atoms with E-state index in [0.29, 0.717) is 6.04 Å². The molecule has 1 N–H and O–H groups in total. The summed E-state index contributed by atoms with van der Waals surface area (Å²) in [7, 11) is 2.07. The molecule has 4 aromatic heterocycles. The molecule has 0 spiro atoms. The first-order valence-corrected chi connectivity index (χ1v) is 9.53. The Morgan fingerprint density at radius 1 is 1.11 bits per heavy atom. The lowest BCUT2D eigenvalue weighted by atomic mass is 10.1. The zero-order valence-electron chi connectivity index (χ0n) is 15.7. The summed E-state index contributed by atoms with van der Waals surface area (Å²) in [6, 6.07) is 8.68. The maximum Gasteiger partial charge on any atom is 0.132 e. The highest BCUT2D eigenvalue weighted by Gasteiger charge is 2.16. The van der Waals surface area contributed by atoms with Crippen LogP contribution in [0, 0.1) is 0 Å². The second-order valence-corrected chi connectivity index (χ2v) is 7.13. The van der Waals surface area contributed by atoms with E-state index in [2.05, 4.69) is 50.3 Å². The van der Waals surface area contributed by atoms with Crippen LogP contribution in [0.2, 0.25) is 0 Å². The topological polar surface area (TPSA) is 69.8 Å². The van der Waals surface area contributed by atoms with E-state index in [-0.39, 0.29) is 0 Å². The highest BCUT2D eigenvalue weighted by atomic mass is 16.5. The van der Waals surface area contributed by atoms with Gasteiger partial charge in [0.15, 0.2) is 0 Å². The first-order valence-electron chi connectivity index (χ1n) is 9.53. The van der Waals surface area contributed by atoms with E-state index >= 15 is 0 Å². The van der Waals surface area contributed by atoms with Gasteiger partial charge in [0.1, 0.15) is 5.82 Å². The van der Waals surface area contributed by atoms with Crippen molar-refractivity contribution in [1.82, 2.24) is 24.3 Å². The van der Waals surface area contributed by atoms with Crippen molar-refractivity contribution >= 4 is 22.4 Å². The minimum atomic E-state index is 0.413. The van der Waals surface area contributed by atoms with Crippen LogP contribution in [0.15, 0.2) is 55.2 Å². The van der Waals surface area contributed by atoms with Crippen LogP contribution in [-0.4, -0.2) is 37.5 Å². The highest BCUT2D eigenvalue weighted by molar-refractivity contribution is 5.88. The fraction of sp³-hybridized carbons (Fsp3) is 0.286. The second-order valence-electron chi connectivity index (χ2n) is 7.13. The van der Waals surface area contributed by atoms with Gasteiger partial charge in [0, 0.05) is 67.8 Å². The lowest BCUT2D eigenvalue weighted by Crippen LogP contribution is -2.19. The van der Waals surface area contributed by atoms with Crippen LogP contribution in [0.5, 0.6) is 0 Å². The average molecular weight is 374 g/mol. The monoisotopic (exact) mass is 374 g/mol. The maximum atomic E-state index is 5.44. The standard InChI is InChI=1S/C21H22N6O/c1-26-19(15-2-6-22-7-3-15)10-16-12-23-21(11-20(16)26)25-17-13-24-27(14-17)18-4-8-28-9-5-18/h2-3,6-7,10-14,18H,4-5,8-9H2,1H3,(H,23,25). The van der Waals surface area contributed by atoms with Gasteiger partial charge in [0.05, 0.1) is 23.4 Å². The van der Waals surface area contributed by atoms with Crippen molar-refractivity contribution in [2.75, 3.05) is 18.5 Å². The van der Waals surface area contributed by atoms with Gasteiger partial charge in [-0.3, -0.25) is 9.67 Å². The SMILES string of the molecule is Cn1c(-c2ccncc2)cc2cnc(Nc3cnn(C4CCOCC4)c3)cc21. The number of pyridine rings is 2. The molecule has 1 aliphatic rings. The number of nitrogens with zero attached hydrogens (tertiary/aromatic N) is 5. The van der Waals surface area contributed by atoms with E-state index in [1.807, 2.05) is 41.6 Å². The average Bonchev–Trinajstić information content (AvgIpc) is 3.34. The summed E-state index contributed by atoms with van der Waals surface area (Å²) in [5.41, 5.74) is 4.35. The minimum Gasteiger partial charge on any atom is -0.381 e. The third-order valence-corrected chi connectivity index (χ3v) is 5.34. The molecule has 0 aromatic carbocycles. The summed E-state index contributed by atoms with van der Waals surface area (Å²) in [4.78, 5) is 8.68. The fourth-order valence-corrected chi connectivity index (χ4v) is 3.80. The molecule has 0 saturated carbocycles. The molecule has 0 bridgehead atoms. The number of hydrogen-bond donors (Lipinski definition) is 1. The summed E-state index contributed by atoms with van der Waals surface area (Å²) in [6.45, 7) is 1.61. The van der Waals surface area contributed by atoms with Gasteiger partial charge in [-0.2, -0.15) is 5.10 Å². The van der Waals surface area contributed by atoms with Crippen LogP contribution in [0.25, 0.3) is 22.2 Å². The lowest BCUT2D eigenvalue weighted by Gasteiger charge is -2.22. The Hall–Kier alpha value is -3.19. The van der Waals surface area contributed by atoms with Crippen molar-refractivity contribution in [2.24, 2.45) is 7.05 Å². The Balaban J connectivity index is 1.41. The van der Waals surface area contributed by atoms with Crippen molar-refractivity contribution < 1.29 is 4.74 Å². The number of fused-ring (bicyclic) bond motifs is 1. The normalized spacial score (nSPS) is 15.2. The molecule has 1 fully saturated rings. The van der Waals surface area contributed by atoms with Crippen LogP contribution >= 0.6 is 0 Å². The summed E-state index contributed by atoms with van der Waals surface area (Å²) in [5, 5.41) is 9.01. The van der Waals surface area contributed by atoms with E-state index in [1.54, 1.807) is 0 Å². The lowest BCUT2D eigenvalue weighted by molar-refractivity contribution is 0.0662. The molecule has 7 heteroatoms. The van der Waals surface area contributed by atoms with E-state index < -0.39 is 0 Å². The number of ether oxygens (including phenoxy) is 1. The third kappa shape index (κ3) is 3.14. The smallest absolute Gasteiger partial charge is 0.132 e. The molecule has 1 saturated heterocycles. The van der Waals surface area contributed by atoms with Crippen molar-refractivity contribution in [3.63, 3.8) is 0 Å². The highest BCUT2D eigenvalue weighted by Crippen LogP contribution is 2.29. The van der Waals surface area contributed by atoms with Crippen molar-refractivity contribution in [1.29, 1.82) is 0 Å². The van der Waals surface area contributed by atoms with Gasteiger partial charge in [-0.25, -0.2) is 4.98 Å². The molecule has 0 aliphatic carbocycles. The van der Waals surface area contributed by atoms with Crippen LogP contribution in [0.3, 0.4) is 0 Å². The van der Waals surface area contributed by atoms with Crippen LogP contribution in [-0.2, 0) is 11.8 Å². The van der Waals surface area contributed by atoms with Crippen LogP contribution < -0.4 is 5.32 Å². The Kier molecular flexibility index (Phi) is 4.29. The summed E-state index contributed by atoms with van der Waals surface area (Å²) in [6.07, 6.45) is 11.5. The molecule has 142 valence electrons. The van der Waals surface area contributed by atoms with E-state index in [9.17, 15) is 0 Å². The van der Waals surface area contributed by atoms with Gasteiger partial charge in [-0.15, -0.1) is 0 Å². The molecular weight excluding hydrogens is 352 g/mol. The number of nitrogens with one attached hydrogen (secondary N) is 1. The van der Waals surface area contributed by atoms with Crippen molar-refractivity contribution in [3.8, 4) is 11.3 Å². The maximum absolute atomic E-state index is 5.44. The Morgan fingerprint density at radius 3 is 2.75 bits per heavy atom. The molecule has 28 heavy (non-hydrogen) atoms.